The Hall–Kier alpha value is -1.90. The maximum absolute atomic E-state index is 4.44. The molecule has 0 spiro atoms. The van der Waals surface area contributed by atoms with Crippen molar-refractivity contribution in [1.29, 1.82) is 0 Å². The van der Waals surface area contributed by atoms with E-state index in [2.05, 4.69) is 35.2 Å². The summed E-state index contributed by atoms with van der Waals surface area (Å²) in [5.74, 6) is 0.934. The zero-order chi connectivity index (χ0) is 12.8. The summed E-state index contributed by atoms with van der Waals surface area (Å²) in [6, 6.07) is 10.5. The average molecular weight is 241 g/mol. The molecular formula is C15H19N3. The molecule has 0 atom stereocenters. The third kappa shape index (κ3) is 3.06. The molecular weight excluding hydrogens is 222 g/mol. The molecule has 2 aromatic heterocycles. The lowest BCUT2D eigenvalue weighted by Crippen LogP contribution is -2.17. The summed E-state index contributed by atoms with van der Waals surface area (Å²) in [6.45, 7) is 4.37. The highest BCUT2D eigenvalue weighted by Gasteiger charge is 2.04. The van der Waals surface area contributed by atoms with Gasteiger partial charge in [0.05, 0.1) is 5.69 Å². The Balaban J connectivity index is 2.11. The minimum Gasteiger partial charge on any atom is -0.367 e. The van der Waals surface area contributed by atoms with Crippen molar-refractivity contribution >= 4 is 5.82 Å². The first-order valence-electron chi connectivity index (χ1n) is 6.47. The molecule has 94 valence electrons. The third-order valence-electron chi connectivity index (χ3n) is 3.06. The maximum atomic E-state index is 4.44. The minimum absolute atomic E-state index is 0.498. The summed E-state index contributed by atoms with van der Waals surface area (Å²) in [4.78, 5) is 8.75. The summed E-state index contributed by atoms with van der Waals surface area (Å²) >= 11 is 0. The van der Waals surface area contributed by atoms with Crippen LogP contribution in [-0.4, -0.2) is 16.0 Å². The number of anilines is 1. The van der Waals surface area contributed by atoms with Gasteiger partial charge in [-0.25, -0.2) is 4.98 Å². The second-order valence-electron chi connectivity index (χ2n) is 4.30. The van der Waals surface area contributed by atoms with Crippen molar-refractivity contribution in [2.75, 3.05) is 5.32 Å². The van der Waals surface area contributed by atoms with E-state index in [1.165, 1.54) is 0 Å². The Labute approximate surface area is 108 Å². The van der Waals surface area contributed by atoms with E-state index < -0.39 is 0 Å². The van der Waals surface area contributed by atoms with Gasteiger partial charge in [-0.3, -0.25) is 4.98 Å². The molecule has 0 saturated heterocycles. The van der Waals surface area contributed by atoms with Crippen LogP contribution in [0.15, 0.2) is 42.7 Å². The molecule has 0 aliphatic carbocycles. The first-order valence-corrected chi connectivity index (χ1v) is 6.47. The van der Waals surface area contributed by atoms with Gasteiger partial charge in [0.25, 0.3) is 0 Å². The van der Waals surface area contributed by atoms with Gasteiger partial charge in [0, 0.05) is 24.0 Å². The molecule has 0 saturated carbocycles. The van der Waals surface area contributed by atoms with Crippen molar-refractivity contribution in [2.45, 2.75) is 32.7 Å². The highest BCUT2D eigenvalue weighted by Crippen LogP contribution is 2.17. The van der Waals surface area contributed by atoms with Crippen LogP contribution in [0, 0.1) is 0 Å². The van der Waals surface area contributed by atoms with E-state index in [-0.39, 0.29) is 0 Å². The van der Waals surface area contributed by atoms with Crippen LogP contribution >= 0.6 is 0 Å². The van der Waals surface area contributed by atoms with Crippen LogP contribution < -0.4 is 5.32 Å². The van der Waals surface area contributed by atoms with Crippen molar-refractivity contribution in [2.24, 2.45) is 0 Å². The SMILES string of the molecule is CCC(CC)Nc1ccc(-c2ccccn2)cn1. The van der Waals surface area contributed by atoms with E-state index >= 15 is 0 Å². The first kappa shape index (κ1) is 12.6. The molecule has 0 fully saturated rings. The van der Waals surface area contributed by atoms with E-state index in [0.29, 0.717) is 6.04 Å². The van der Waals surface area contributed by atoms with Gasteiger partial charge in [-0.15, -0.1) is 0 Å². The second-order valence-corrected chi connectivity index (χ2v) is 4.30. The molecule has 3 nitrogen and oxygen atoms in total. The molecule has 0 unspecified atom stereocenters. The fraction of sp³-hybridized carbons (Fsp3) is 0.333. The first-order chi connectivity index (χ1) is 8.83. The lowest BCUT2D eigenvalue weighted by Gasteiger charge is -2.15. The minimum atomic E-state index is 0.498. The molecule has 1 N–H and O–H groups in total. The average Bonchev–Trinajstić information content (AvgIpc) is 2.46. The standard InChI is InChI=1S/C15H19N3/c1-3-13(4-2)18-15-9-8-12(11-17-15)14-7-5-6-10-16-14/h5-11,13H,3-4H2,1-2H3,(H,17,18). The summed E-state index contributed by atoms with van der Waals surface area (Å²) in [5, 5.41) is 3.43. The van der Waals surface area contributed by atoms with E-state index in [0.717, 1.165) is 29.9 Å². The zero-order valence-corrected chi connectivity index (χ0v) is 10.9. The predicted octanol–water partition coefficient (Wildman–Crippen LogP) is 3.74. The molecule has 0 amide bonds. The lowest BCUT2D eigenvalue weighted by molar-refractivity contribution is 0.668. The Morgan fingerprint density at radius 3 is 2.44 bits per heavy atom. The van der Waals surface area contributed by atoms with Crippen LogP contribution in [0.2, 0.25) is 0 Å². The van der Waals surface area contributed by atoms with Crippen LogP contribution in [0.3, 0.4) is 0 Å². The summed E-state index contributed by atoms with van der Waals surface area (Å²) < 4.78 is 0. The van der Waals surface area contributed by atoms with Crippen molar-refractivity contribution < 1.29 is 0 Å². The number of aromatic nitrogens is 2. The van der Waals surface area contributed by atoms with Gasteiger partial charge in [-0.05, 0) is 37.1 Å². The molecule has 18 heavy (non-hydrogen) atoms. The number of hydrogen-bond acceptors (Lipinski definition) is 3. The second kappa shape index (κ2) is 6.15. The normalized spacial score (nSPS) is 10.6. The van der Waals surface area contributed by atoms with Gasteiger partial charge >= 0.3 is 0 Å². The van der Waals surface area contributed by atoms with Gasteiger partial charge in [-0.1, -0.05) is 19.9 Å². The molecule has 0 radical (unpaired) electrons. The largest absolute Gasteiger partial charge is 0.367 e. The van der Waals surface area contributed by atoms with Crippen LogP contribution in [0.25, 0.3) is 11.3 Å². The van der Waals surface area contributed by atoms with Gasteiger partial charge in [0.2, 0.25) is 0 Å². The summed E-state index contributed by atoms with van der Waals surface area (Å²) in [6.07, 6.45) is 5.89. The lowest BCUT2D eigenvalue weighted by atomic mass is 10.1. The van der Waals surface area contributed by atoms with Crippen LogP contribution in [0.5, 0.6) is 0 Å². The molecule has 0 bridgehead atoms. The fourth-order valence-corrected chi connectivity index (χ4v) is 1.87. The highest BCUT2D eigenvalue weighted by atomic mass is 15.0. The predicted molar refractivity (Wildman–Crippen MR) is 75.5 cm³/mol. The topological polar surface area (TPSA) is 37.8 Å². The highest BCUT2D eigenvalue weighted by molar-refractivity contribution is 5.59. The van der Waals surface area contributed by atoms with Crippen LogP contribution in [0.1, 0.15) is 26.7 Å². The van der Waals surface area contributed by atoms with Crippen molar-refractivity contribution in [1.82, 2.24) is 9.97 Å². The van der Waals surface area contributed by atoms with Crippen molar-refractivity contribution in [3.05, 3.63) is 42.7 Å². The summed E-state index contributed by atoms with van der Waals surface area (Å²) in [7, 11) is 0. The van der Waals surface area contributed by atoms with Crippen molar-refractivity contribution in [3.63, 3.8) is 0 Å². The van der Waals surface area contributed by atoms with E-state index in [9.17, 15) is 0 Å². The number of nitrogens with zero attached hydrogens (tertiary/aromatic N) is 2. The van der Waals surface area contributed by atoms with Gasteiger partial charge in [0.15, 0.2) is 0 Å². The summed E-state index contributed by atoms with van der Waals surface area (Å²) in [5.41, 5.74) is 2.00. The Morgan fingerprint density at radius 1 is 1.06 bits per heavy atom. The molecule has 0 aliphatic heterocycles. The fourth-order valence-electron chi connectivity index (χ4n) is 1.87. The smallest absolute Gasteiger partial charge is 0.126 e. The molecule has 2 rings (SSSR count). The molecule has 2 heterocycles. The molecule has 0 aromatic carbocycles. The molecule has 0 aliphatic rings. The number of pyridine rings is 2. The van der Waals surface area contributed by atoms with E-state index in [1.54, 1.807) is 6.20 Å². The van der Waals surface area contributed by atoms with Gasteiger partial charge in [0.1, 0.15) is 5.82 Å². The number of hydrogen-bond donors (Lipinski definition) is 1. The monoisotopic (exact) mass is 241 g/mol. The number of rotatable bonds is 5. The van der Waals surface area contributed by atoms with Crippen LogP contribution in [0.4, 0.5) is 5.82 Å². The van der Waals surface area contributed by atoms with E-state index in [4.69, 9.17) is 0 Å². The zero-order valence-electron chi connectivity index (χ0n) is 10.9. The molecule has 3 heteroatoms. The molecule has 2 aromatic rings. The van der Waals surface area contributed by atoms with Gasteiger partial charge in [-0.2, -0.15) is 0 Å². The van der Waals surface area contributed by atoms with E-state index in [1.807, 2.05) is 30.5 Å². The maximum Gasteiger partial charge on any atom is 0.126 e. The number of nitrogens with one attached hydrogen (secondary N) is 1. The Morgan fingerprint density at radius 2 is 1.89 bits per heavy atom. The van der Waals surface area contributed by atoms with Crippen molar-refractivity contribution in [3.8, 4) is 11.3 Å². The Kier molecular flexibility index (Phi) is 4.29. The Bertz CT molecular complexity index is 461. The quantitative estimate of drug-likeness (QED) is 0.866. The van der Waals surface area contributed by atoms with Crippen LogP contribution in [-0.2, 0) is 0 Å². The van der Waals surface area contributed by atoms with Gasteiger partial charge < -0.3 is 5.32 Å². The third-order valence-corrected chi connectivity index (χ3v) is 3.06.